The highest BCUT2D eigenvalue weighted by Crippen LogP contribution is 2.37. The van der Waals surface area contributed by atoms with Crippen molar-refractivity contribution in [3.63, 3.8) is 0 Å². The summed E-state index contributed by atoms with van der Waals surface area (Å²) in [6, 6.07) is 0.870. The van der Waals surface area contributed by atoms with Gasteiger partial charge in [0.1, 0.15) is 0 Å². The summed E-state index contributed by atoms with van der Waals surface area (Å²) in [4.78, 5) is 0. The van der Waals surface area contributed by atoms with Crippen LogP contribution in [-0.2, 0) is 0 Å². The van der Waals surface area contributed by atoms with Crippen LogP contribution in [0.5, 0.6) is 0 Å². The zero-order chi connectivity index (χ0) is 10.7. The van der Waals surface area contributed by atoms with Crippen molar-refractivity contribution in [3.8, 4) is 0 Å². The van der Waals surface area contributed by atoms with Gasteiger partial charge in [-0.05, 0) is 37.0 Å². The maximum atomic E-state index is 3.71. The SMILES string of the molecule is CC(C)(CNC1CC1)C1CCCCCC1. The van der Waals surface area contributed by atoms with E-state index in [9.17, 15) is 0 Å². The Morgan fingerprint density at radius 2 is 1.53 bits per heavy atom. The van der Waals surface area contributed by atoms with Crippen LogP contribution in [0, 0.1) is 11.3 Å². The van der Waals surface area contributed by atoms with Crippen molar-refractivity contribution in [1.82, 2.24) is 5.32 Å². The zero-order valence-corrected chi connectivity index (χ0v) is 10.5. The Balaban J connectivity index is 1.80. The van der Waals surface area contributed by atoms with Crippen molar-refractivity contribution < 1.29 is 0 Å². The Morgan fingerprint density at radius 3 is 2.07 bits per heavy atom. The molecule has 15 heavy (non-hydrogen) atoms. The van der Waals surface area contributed by atoms with Crippen LogP contribution >= 0.6 is 0 Å². The topological polar surface area (TPSA) is 12.0 Å². The van der Waals surface area contributed by atoms with E-state index in [1.807, 2.05) is 0 Å². The van der Waals surface area contributed by atoms with Gasteiger partial charge in [-0.15, -0.1) is 0 Å². The van der Waals surface area contributed by atoms with Gasteiger partial charge < -0.3 is 5.32 Å². The Morgan fingerprint density at radius 1 is 0.933 bits per heavy atom. The Hall–Kier alpha value is -0.0400. The minimum atomic E-state index is 0.521. The van der Waals surface area contributed by atoms with Gasteiger partial charge in [0.05, 0.1) is 0 Å². The normalized spacial score (nSPS) is 25.2. The molecule has 2 saturated carbocycles. The first-order valence-corrected chi connectivity index (χ1v) is 6.92. The largest absolute Gasteiger partial charge is 0.313 e. The van der Waals surface area contributed by atoms with Crippen LogP contribution in [-0.4, -0.2) is 12.6 Å². The Labute approximate surface area is 95.0 Å². The molecule has 0 heterocycles. The maximum absolute atomic E-state index is 3.71. The molecule has 1 N–H and O–H groups in total. The quantitative estimate of drug-likeness (QED) is 0.696. The van der Waals surface area contributed by atoms with Gasteiger partial charge in [-0.1, -0.05) is 39.5 Å². The predicted molar refractivity (Wildman–Crippen MR) is 66.0 cm³/mol. The lowest BCUT2D eigenvalue weighted by Gasteiger charge is -2.34. The van der Waals surface area contributed by atoms with Crippen LogP contribution in [0.15, 0.2) is 0 Å². The molecule has 1 heteroatoms. The molecule has 0 aliphatic heterocycles. The smallest absolute Gasteiger partial charge is 0.00684 e. The Bertz CT molecular complexity index is 186. The number of hydrogen-bond donors (Lipinski definition) is 1. The summed E-state index contributed by atoms with van der Waals surface area (Å²) in [6.45, 7) is 6.18. The van der Waals surface area contributed by atoms with E-state index in [0.717, 1.165) is 12.0 Å². The lowest BCUT2D eigenvalue weighted by atomic mass is 9.74. The van der Waals surface area contributed by atoms with Crippen molar-refractivity contribution in [2.45, 2.75) is 71.3 Å². The molecule has 0 aromatic heterocycles. The second-order valence-corrected chi connectivity index (χ2v) is 6.33. The molecule has 2 rings (SSSR count). The van der Waals surface area contributed by atoms with E-state index in [1.165, 1.54) is 57.9 Å². The molecule has 0 spiro atoms. The average molecular weight is 209 g/mol. The molecule has 2 fully saturated rings. The number of rotatable bonds is 4. The van der Waals surface area contributed by atoms with Crippen LogP contribution in [0.25, 0.3) is 0 Å². The highest BCUT2D eigenvalue weighted by atomic mass is 15.0. The van der Waals surface area contributed by atoms with Gasteiger partial charge in [0.25, 0.3) is 0 Å². The fourth-order valence-electron chi connectivity index (χ4n) is 2.90. The molecular formula is C14H27N. The highest BCUT2D eigenvalue weighted by Gasteiger charge is 2.31. The molecule has 0 radical (unpaired) electrons. The fraction of sp³-hybridized carbons (Fsp3) is 1.00. The third kappa shape index (κ3) is 3.48. The van der Waals surface area contributed by atoms with E-state index >= 15 is 0 Å². The van der Waals surface area contributed by atoms with E-state index in [-0.39, 0.29) is 0 Å². The van der Waals surface area contributed by atoms with Crippen LogP contribution in [0.1, 0.15) is 65.2 Å². The van der Waals surface area contributed by atoms with Gasteiger partial charge in [-0.25, -0.2) is 0 Å². The third-order valence-electron chi connectivity index (χ3n) is 4.38. The first-order valence-electron chi connectivity index (χ1n) is 6.92. The predicted octanol–water partition coefficient (Wildman–Crippen LogP) is 3.74. The monoisotopic (exact) mass is 209 g/mol. The van der Waals surface area contributed by atoms with Crippen molar-refractivity contribution in [2.75, 3.05) is 6.54 Å². The molecule has 2 aliphatic carbocycles. The molecule has 0 atom stereocenters. The second kappa shape index (κ2) is 4.86. The molecular weight excluding hydrogens is 182 g/mol. The molecule has 1 nitrogen and oxygen atoms in total. The average Bonchev–Trinajstić information content (AvgIpc) is 3.03. The number of nitrogens with one attached hydrogen (secondary N) is 1. The minimum Gasteiger partial charge on any atom is -0.313 e. The summed E-state index contributed by atoms with van der Waals surface area (Å²) in [5.41, 5.74) is 0.521. The molecule has 0 aromatic rings. The lowest BCUT2D eigenvalue weighted by Crippen LogP contribution is -2.36. The summed E-state index contributed by atoms with van der Waals surface area (Å²) >= 11 is 0. The van der Waals surface area contributed by atoms with Gasteiger partial charge >= 0.3 is 0 Å². The van der Waals surface area contributed by atoms with E-state index < -0.39 is 0 Å². The van der Waals surface area contributed by atoms with Crippen LogP contribution in [0.3, 0.4) is 0 Å². The van der Waals surface area contributed by atoms with Crippen LogP contribution < -0.4 is 5.32 Å². The molecule has 0 saturated heterocycles. The van der Waals surface area contributed by atoms with Gasteiger partial charge in [0.2, 0.25) is 0 Å². The summed E-state index contributed by atoms with van der Waals surface area (Å²) in [7, 11) is 0. The summed E-state index contributed by atoms with van der Waals surface area (Å²) in [5, 5.41) is 3.71. The minimum absolute atomic E-state index is 0.521. The lowest BCUT2D eigenvalue weighted by molar-refractivity contribution is 0.182. The van der Waals surface area contributed by atoms with Gasteiger partial charge in [0, 0.05) is 12.6 Å². The number of hydrogen-bond acceptors (Lipinski definition) is 1. The molecule has 0 unspecified atom stereocenters. The second-order valence-electron chi connectivity index (χ2n) is 6.33. The molecule has 2 aliphatic rings. The van der Waals surface area contributed by atoms with E-state index in [4.69, 9.17) is 0 Å². The van der Waals surface area contributed by atoms with Crippen LogP contribution in [0.2, 0.25) is 0 Å². The summed E-state index contributed by atoms with van der Waals surface area (Å²) in [5.74, 6) is 0.964. The molecule has 0 bridgehead atoms. The van der Waals surface area contributed by atoms with Gasteiger partial charge in [0.15, 0.2) is 0 Å². The van der Waals surface area contributed by atoms with E-state index in [1.54, 1.807) is 0 Å². The molecule has 0 amide bonds. The zero-order valence-electron chi connectivity index (χ0n) is 10.5. The Kier molecular flexibility index (Phi) is 3.71. The summed E-state index contributed by atoms with van der Waals surface area (Å²) in [6.07, 6.45) is 11.7. The maximum Gasteiger partial charge on any atom is 0.00684 e. The highest BCUT2D eigenvalue weighted by molar-refractivity contribution is 4.87. The van der Waals surface area contributed by atoms with E-state index in [0.29, 0.717) is 5.41 Å². The van der Waals surface area contributed by atoms with Crippen molar-refractivity contribution >= 4 is 0 Å². The van der Waals surface area contributed by atoms with Gasteiger partial charge in [-0.2, -0.15) is 0 Å². The third-order valence-corrected chi connectivity index (χ3v) is 4.38. The van der Waals surface area contributed by atoms with Crippen LogP contribution in [0.4, 0.5) is 0 Å². The molecule has 88 valence electrons. The van der Waals surface area contributed by atoms with Crippen molar-refractivity contribution in [2.24, 2.45) is 11.3 Å². The van der Waals surface area contributed by atoms with E-state index in [2.05, 4.69) is 19.2 Å². The van der Waals surface area contributed by atoms with Gasteiger partial charge in [-0.3, -0.25) is 0 Å². The first kappa shape index (κ1) is 11.4. The standard InChI is InChI=1S/C14H27N/c1-14(2,11-15-13-9-10-13)12-7-5-3-4-6-8-12/h12-13,15H,3-11H2,1-2H3. The summed E-state index contributed by atoms with van der Waals surface area (Å²) < 4.78 is 0. The molecule has 0 aromatic carbocycles. The van der Waals surface area contributed by atoms with Crippen molar-refractivity contribution in [1.29, 1.82) is 0 Å². The first-order chi connectivity index (χ1) is 7.18. The fourth-order valence-corrected chi connectivity index (χ4v) is 2.90. The van der Waals surface area contributed by atoms with Crippen molar-refractivity contribution in [3.05, 3.63) is 0 Å².